The second-order valence-electron chi connectivity index (χ2n) is 6.38. The van der Waals surface area contributed by atoms with Gasteiger partial charge < -0.3 is 15.0 Å². The number of nitrogens with zero attached hydrogens (tertiary/aromatic N) is 1. The number of unbranched alkanes of at least 4 members (excludes halogenated alkanes) is 1. The average molecular weight is 478 g/mol. The Labute approximate surface area is 184 Å². The van der Waals surface area contributed by atoms with Crippen LogP contribution in [-0.4, -0.2) is 30.6 Å². The Balaban J connectivity index is 2.03. The lowest BCUT2D eigenvalue weighted by Gasteiger charge is -2.16. The Hall–Kier alpha value is -2.45. The predicted octanol–water partition coefficient (Wildman–Crippen LogP) is 4.74. The molecule has 0 spiro atoms. The van der Waals surface area contributed by atoms with E-state index in [2.05, 4.69) is 33.5 Å². The number of benzene rings is 2. The number of thiocarbonyl (C=S) groups is 1. The molecule has 0 saturated heterocycles. The molecule has 0 aromatic heterocycles. The van der Waals surface area contributed by atoms with Gasteiger partial charge in [0.05, 0.1) is 12.2 Å². The van der Waals surface area contributed by atoms with Gasteiger partial charge in [-0.25, -0.2) is 0 Å². The Morgan fingerprint density at radius 2 is 1.86 bits per heavy atom. The van der Waals surface area contributed by atoms with Crippen LogP contribution in [0.4, 0.5) is 11.4 Å². The molecule has 8 heteroatoms. The number of anilines is 2. The molecule has 6 nitrogen and oxygen atoms in total. The Morgan fingerprint density at radius 3 is 2.48 bits per heavy atom. The largest absolute Gasteiger partial charge is 0.493 e. The topological polar surface area (TPSA) is 70.7 Å². The fourth-order valence-corrected chi connectivity index (χ4v) is 2.99. The predicted molar refractivity (Wildman–Crippen MR) is 124 cm³/mol. The number of carbonyl (C=O) groups excluding carboxylic acids is 2. The zero-order chi connectivity index (χ0) is 21.4. The third kappa shape index (κ3) is 6.83. The molecule has 0 radical (unpaired) electrons. The zero-order valence-electron chi connectivity index (χ0n) is 16.6. The highest BCUT2D eigenvalue weighted by Gasteiger charge is 2.15. The highest BCUT2D eigenvalue weighted by atomic mass is 79.9. The van der Waals surface area contributed by atoms with E-state index in [4.69, 9.17) is 17.0 Å². The standard InChI is InChI=1S/C21H24BrN3O3S/c1-4-5-12-28-19-11-6-15(22)13-18(19)20(27)24-21(29)23-16-7-9-17(10-8-16)25(3)14(2)26/h6-11,13H,4-5,12H2,1-3H3,(H2,23,24,27,29). The quantitative estimate of drug-likeness (QED) is 0.445. The van der Waals surface area contributed by atoms with Gasteiger partial charge in [-0.1, -0.05) is 29.3 Å². The van der Waals surface area contributed by atoms with E-state index in [1.54, 1.807) is 43.4 Å². The lowest BCUT2D eigenvalue weighted by Crippen LogP contribution is -2.34. The maximum Gasteiger partial charge on any atom is 0.261 e. The van der Waals surface area contributed by atoms with Crippen molar-refractivity contribution in [3.8, 4) is 5.75 Å². The second kappa shape index (κ2) is 10.9. The van der Waals surface area contributed by atoms with Crippen molar-refractivity contribution in [2.24, 2.45) is 0 Å². The van der Waals surface area contributed by atoms with Crippen molar-refractivity contribution in [1.29, 1.82) is 0 Å². The van der Waals surface area contributed by atoms with Gasteiger partial charge in [0.25, 0.3) is 5.91 Å². The molecule has 29 heavy (non-hydrogen) atoms. The fraction of sp³-hybridized carbons (Fsp3) is 0.286. The second-order valence-corrected chi connectivity index (χ2v) is 7.70. The van der Waals surface area contributed by atoms with E-state index >= 15 is 0 Å². The van der Waals surface area contributed by atoms with Crippen molar-refractivity contribution in [3.63, 3.8) is 0 Å². The van der Waals surface area contributed by atoms with E-state index in [1.165, 1.54) is 11.8 Å². The van der Waals surface area contributed by atoms with Crippen LogP contribution in [0.1, 0.15) is 37.0 Å². The van der Waals surface area contributed by atoms with Crippen molar-refractivity contribution < 1.29 is 14.3 Å². The van der Waals surface area contributed by atoms with E-state index in [9.17, 15) is 9.59 Å². The fourth-order valence-electron chi connectivity index (χ4n) is 2.41. The van der Waals surface area contributed by atoms with E-state index in [0.29, 0.717) is 23.6 Å². The number of rotatable bonds is 7. The average Bonchev–Trinajstić information content (AvgIpc) is 2.69. The summed E-state index contributed by atoms with van der Waals surface area (Å²) in [7, 11) is 1.70. The molecule has 2 rings (SSSR count). The number of hydrogen-bond donors (Lipinski definition) is 2. The molecule has 154 valence electrons. The van der Waals surface area contributed by atoms with Gasteiger partial charge in [-0.2, -0.15) is 0 Å². The highest BCUT2D eigenvalue weighted by Crippen LogP contribution is 2.24. The lowest BCUT2D eigenvalue weighted by atomic mass is 10.2. The monoisotopic (exact) mass is 477 g/mol. The van der Waals surface area contributed by atoms with Crippen LogP contribution in [0.15, 0.2) is 46.9 Å². The molecule has 0 unspecified atom stereocenters. The van der Waals surface area contributed by atoms with E-state index in [-0.39, 0.29) is 16.9 Å². The minimum atomic E-state index is -0.358. The Kier molecular flexibility index (Phi) is 8.60. The maximum absolute atomic E-state index is 12.7. The minimum Gasteiger partial charge on any atom is -0.493 e. The summed E-state index contributed by atoms with van der Waals surface area (Å²) in [6.07, 6.45) is 1.92. The number of amides is 2. The van der Waals surface area contributed by atoms with Crippen LogP contribution in [0, 0.1) is 0 Å². The number of hydrogen-bond acceptors (Lipinski definition) is 4. The molecule has 0 atom stereocenters. The van der Waals surface area contributed by atoms with Crippen LogP contribution in [0.5, 0.6) is 5.75 Å². The summed E-state index contributed by atoms with van der Waals surface area (Å²) >= 11 is 8.64. The summed E-state index contributed by atoms with van der Waals surface area (Å²) in [5, 5.41) is 5.81. The number of nitrogens with one attached hydrogen (secondary N) is 2. The molecule has 0 fully saturated rings. The maximum atomic E-state index is 12.7. The summed E-state index contributed by atoms with van der Waals surface area (Å²) in [6, 6.07) is 12.4. The van der Waals surface area contributed by atoms with Crippen molar-refractivity contribution in [3.05, 3.63) is 52.5 Å². The third-order valence-electron chi connectivity index (χ3n) is 4.15. The number of halogens is 1. The van der Waals surface area contributed by atoms with Gasteiger partial charge in [-0.05, 0) is 61.1 Å². The first-order valence-electron chi connectivity index (χ1n) is 9.21. The Bertz CT molecular complexity index is 887. The molecular weight excluding hydrogens is 454 g/mol. The minimum absolute atomic E-state index is 0.0560. The molecule has 2 N–H and O–H groups in total. The first-order valence-corrected chi connectivity index (χ1v) is 10.4. The van der Waals surface area contributed by atoms with Crippen LogP contribution in [0.25, 0.3) is 0 Å². The normalized spacial score (nSPS) is 10.2. The van der Waals surface area contributed by atoms with Crippen LogP contribution in [0.2, 0.25) is 0 Å². The lowest BCUT2D eigenvalue weighted by molar-refractivity contribution is -0.116. The summed E-state index contributed by atoms with van der Waals surface area (Å²) in [5.41, 5.74) is 1.86. The van der Waals surface area contributed by atoms with E-state index in [1.807, 2.05) is 6.07 Å². The summed E-state index contributed by atoms with van der Waals surface area (Å²) in [4.78, 5) is 25.7. The number of carbonyl (C=O) groups is 2. The van der Waals surface area contributed by atoms with Crippen LogP contribution in [-0.2, 0) is 4.79 Å². The smallest absolute Gasteiger partial charge is 0.261 e. The molecule has 0 aliphatic carbocycles. The molecule has 0 saturated carbocycles. The van der Waals surface area contributed by atoms with E-state index < -0.39 is 0 Å². The van der Waals surface area contributed by atoms with Gasteiger partial charge >= 0.3 is 0 Å². The van der Waals surface area contributed by atoms with Crippen molar-refractivity contribution in [1.82, 2.24) is 5.32 Å². The molecule has 0 aliphatic heterocycles. The third-order valence-corrected chi connectivity index (χ3v) is 4.85. The van der Waals surface area contributed by atoms with Gasteiger partial charge in [0.1, 0.15) is 5.75 Å². The summed E-state index contributed by atoms with van der Waals surface area (Å²) < 4.78 is 6.50. The first-order chi connectivity index (χ1) is 13.8. The van der Waals surface area contributed by atoms with Gasteiger partial charge in [0.15, 0.2) is 5.11 Å². The van der Waals surface area contributed by atoms with Crippen molar-refractivity contribution in [2.75, 3.05) is 23.9 Å². The summed E-state index contributed by atoms with van der Waals surface area (Å²) in [6.45, 7) is 4.12. The van der Waals surface area contributed by atoms with Crippen LogP contribution >= 0.6 is 28.1 Å². The molecule has 0 heterocycles. The number of ether oxygens (including phenoxy) is 1. The molecule has 2 amide bonds. The summed E-state index contributed by atoms with van der Waals surface area (Å²) in [5.74, 6) is 0.0984. The SMILES string of the molecule is CCCCOc1ccc(Br)cc1C(=O)NC(=S)Nc1ccc(N(C)C(C)=O)cc1. The van der Waals surface area contributed by atoms with Crippen molar-refractivity contribution >= 4 is 56.4 Å². The molecule has 2 aromatic carbocycles. The molecular formula is C21H24BrN3O3S. The van der Waals surface area contributed by atoms with Crippen molar-refractivity contribution in [2.45, 2.75) is 26.7 Å². The van der Waals surface area contributed by atoms with Gasteiger partial charge in [-0.3, -0.25) is 14.9 Å². The van der Waals surface area contributed by atoms with Crippen LogP contribution in [0.3, 0.4) is 0 Å². The van der Waals surface area contributed by atoms with E-state index in [0.717, 1.165) is 23.0 Å². The highest BCUT2D eigenvalue weighted by molar-refractivity contribution is 9.10. The zero-order valence-corrected chi connectivity index (χ0v) is 19.0. The Morgan fingerprint density at radius 1 is 1.17 bits per heavy atom. The first kappa shape index (κ1) is 22.8. The van der Waals surface area contributed by atoms with Crippen LogP contribution < -0.4 is 20.3 Å². The molecule has 2 aromatic rings. The van der Waals surface area contributed by atoms with Gasteiger partial charge in [0.2, 0.25) is 5.91 Å². The molecule has 0 bridgehead atoms. The van der Waals surface area contributed by atoms with Gasteiger partial charge in [0, 0.05) is 29.8 Å². The molecule has 0 aliphatic rings. The van der Waals surface area contributed by atoms with Gasteiger partial charge in [-0.15, -0.1) is 0 Å².